The maximum atomic E-state index is 14.3. The van der Waals surface area contributed by atoms with Crippen molar-refractivity contribution in [1.29, 1.82) is 0 Å². The molecule has 4 aromatic carbocycles. The van der Waals surface area contributed by atoms with Gasteiger partial charge in [0.25, 0.3) is 5.91 Å². The molecule has 0 saturated heterocycles. The number of para-hydroxylation sites is 1. The van der Waals surface area contributed by atoms with Gasteiger partial charge in [0.15, 0.2) is 0 Å². The number of nitrogens with zero attached hydrogens (tertiary/aromatic N) is 6. The van der Waals surface area contributed by atoms with E-state index in [2.05, 4.69) is 15.6 Å². The number of thiazole rings is 1. The summed E-state index contributed by atoms with van der Waals surface area (Å²) in [4.78, 5) is 36.9. The van der Waals surface area contributed by atoms with Crippen molar-refractivity contribution < 1.29 is 9.59 Å². The molecule has 0 radical (unpaired) electrons. The molecule has 2 heterocycles. The zero-order valence-electron chi connectivity index (χ0n) is 24.7. The summed E-state index contributed by atoms with van der Waals surface area (Å²) in [7, 11) is 3.90. The summed E-state index contributed by atoms with van der Waals surface area (Å²) >= 11 is 7.68. The normalized spacial score (nSPS) is 11.7. The number of benzene rings is 4. The van der Waals surface area contributed by atoms with Crippen molar-refractivity contribution >= 4 is 57.2 Å². The molecular formula is C34H30ClN7O2S. The molecule has 6 aromatic rings. The number of anilines is 2. The van der Waals surface area contributed by atoms with Gasteiger partial charge in [-0.1, -0.05) is 71.4 Å². The molecule has 0 saturated carbocycles. The molecule has 226 valence electrons. The maximum Gasteiger partial charge on any atom is 0.251 e. The third-order valence-corrected chi connectivity index (χ3v) is 8.44. The number of halogens is 1. The van der Waals surface area contributed by atoms with Crippen LogP contribution in [0.15, 0.2) is 109 Å². The second-order valence-electron chi connectivity index (χ2n) is 10.6. The Morgan fingerprint density at radius 2 is 1.62 bits per heavy atom. The van der Waals surface area contributed by atoms with Crippen molar-refractivity contribution in [2.24, 2.45) is 0 Å². The standard InChI is InChI=1S/C34H30ClN7O2S/c1-40(2)27-18-16-26(17-19-27)36-34(44)33(24-12-14-25(35)15-13-24)41(20-31-37-29(22-45-31)23-8-4-3-5-9-23)32(43)21-42-30-11-7-6-10-28(30)38-39-42/h3-19,22,33H,20-21H2,1-2H3,(H,36,44). The molecule has 0 aliphatic rings. The van der Waals surface area contributed by atoms with Crippen LogP contribution < -0.4 is 10.2 Å². The van der Waals surface area contributed by atoms with E-state index in [-0.39, 0.29) is 24.9 Å². The van der Waals surface area contributed by atoms with E-state index in [0.29, 0.717) is 26.8 Å². The van der Waals surface area contributed by atoms with Gasteiger partial charge in [0.2, 0.25) is 5.91 Å². The Labute approximate surface area is 269 Å². The van der Waals surface area contributed by atoms with Crippen LogP contribution in [0, 0.1) is 0 Å². The average molecular weight is 636 g/mol. The molecule has 0 bridgehead atoms. The largest absolute Gasteiger partial charge is 0.378 e. The minimum Gasteiger partial charge on any atom is -0.378 e. The number of hydrogen-bond acceptors (Lipinski definition) is 7. The highest BCUT2D eigenvalue weighted by Crippen LogP contribution is 2.30. The van der Waals surface area contributed by atoms with Gasteiger partial charge in [-0.2, -0.15) is 0 Å². The number of rotatable bonds is 10. The molecule has 2 amide bonds. The van der Waals surface area contributed by atoms with E-state index in [0.717, 1.165) is 22.5 Å². The molecule has 9 nitrogen and oxygen atoms in total. The van der Waals surface area contributed by atoms with Gasteiger partial charge in [0, 0.05) is 41.4 Å². The minimum absolute atomic E-state index is 0.100. The highest BCUT2D eigenvalue weighted by molar-refractivity contribution is 7.09. The molecule has 6 rings (SSSR count). The second kappa shape index (κ2) is 13.3. The van der Waals surface area contributed by atoms with Gasteiger partial charge >= 0.3 is 0 Å². The van der Waals surface area contributed by atoms with E-state index in [4.69, 9.17) is 16.6 Å². The van der Waals surface area contributed by atoms with Crippen molar-refractivity contribution in [2.45, 2.75) is 19.1 Å². The fourth-order valence-corrected chi connectivity index (χ4v) is 5.95. The lowest BCUT2D eigenvalue weighted by molar-refractivity contribution is -0.140. The molecule has 1 N–H and O–H groups in total. The van der Waals surface area contributed by atoms with Crippen LogP contribution in [0.3, 0.4) is 0 Å². The van der Waals surface area contributed by atoms with E-state index in [1.54, 1.807) is 33.8 Å². The Balaban J connectivity index is 1.38. The van der Waals surface area contributed by atoms with Crippen LogP contribution in [-0.2, 0) is 22.7 Å². The molecule has 0 aliphatic heterocycles. The monoisotopic (exact) mass is 635 g/mol. The fourth-order valence-electron chi connectivity index (χ4n) is 5.02. The highest BCUT2D eigenvalue weighted by atomic mass is 35.5. The molecular weight excluding hydrogens is 606 g/mol. The number of nitrogens with one attached hydrogen (secondary N) is 1. The summed E-state index contributed by atoms with van der Waals surface area (Å²) in [6, 6.07) is 30.8. The van der Waals surface area contributed by atoms with Gasteiger partial charge in [-0.15, -0.1) is 16.4 Å². The maximum absolute atomic E-state index is 14.3. The number of carbonyl (C=O) groups excluding carboxylic acids is 2. The molecule has 1 atom stereocenters. The van der Waals surface area contributed by atoms with Crippen LogP contribution in [0.1, 0.15) is 16.6 Å². The molecule has 45 heavy (non-hydrogen) atoms. The average Bonchev–Trinajstić information content (AvgIpc) is 3.70. The molecule has 0 spiro atoms. The van der Waals surface area contributed by atoms with Crippen LogP contribution in [0.5, 0.6) is 0 Å². The molecule has 11 heteroatoms. The fraction of sp³-hybridized carbons (Fsp3) is 0.147. The van der Waals surface area contributed by atoms with E-state index in [1.165, 1.54) is 11.3 Å². The van der Waals surface area contributed by atoms with E-state index in [1.807, 2.05) is 103 Å². The number of amides is 2. The predicted molar refractivity (Wildman–Crippen MR) is 179 cm³/mol. The number of aromatic nitrogens is 4. The van der Waals surface area contributed by atoms with E-state index < -0.39 is 6.04 Å². The lowest BCUT2D eigenvalue weighted by Gasteiger charge is -2.31. The van der Waals surface area contributed by atoms with Crippen molar-refractivity contribution in [3.63, 3.8) is 0 Å². The van der Waals surface area contributed by atoms with Gasteiger partial charge in [0.1, 0.15) is 23.1 Å². The Kier molecular flexibility index (Phi) is 8.86. The van der Waals surface area contributed by atoms with Crippen molar-refractivity contribution in [2.75, 3.05) is 24.3 Å². The summed E-state index contributed by atoms with van der Waals surface area (Å²) in [6.07, 6.45) is 0. The Hall–Kier alpha value is -5.06. The van der Waals surface area contributed by atoms with Crippen molar-refractivity contribution in [1.82, 2.24) is 24.9 Å². The summed E-state index contributed by atoms with van der Waals surface area (Å²) < 4.78 is 1.55. The highest BCUT2D eigenvalue weighted by Gasteiger charge is 2.33. The van der Waals surface area contributed by atoms with Gasteiger partial charge < -0.3 is 15.1 Å². The first-order valence-corrected chi connectivity index (χ1v) is 15.5. The molecule has 0 fully saturated rings. The zero-order chi connectivity index (χ0) is 31.3. The molecule has 1 unspecified atom stereocenters. The zero-order valence-corrected chi connectivity index (χ0v) is 26.2. The first-order valence-electron chi connectivity index (χ1n) is 14.3. The SMILES string of the molecule is CN(C)c1ccc(NC(=O)C(c2ccc(Cl)cc2)N(Cc2nc(-c3ccccc3)cs2)C(=O)Cn2nnc3ccccc32)cc1. The molecule has 0 aliphatic carbocycles. The number of fused-ring (bicyclic) bond motifs is 1. The third kappa shape index (κ3) is 6.87. The van der Waals surface area contributed by atoms with Crippen LogP contribution >= 0.6 is 22.9 Å². The molecule has 2 aromatic heterocycles. The lowest BCUT2D eigenvalue weighted by atomic mass is 10.0. The van der Waals surface area contributed by atoms with Crippen LogP contribution in [0.4, 0.5) is 11.4 Å². The first-order chi connectivity index (χ1) is 21.9. The van der Waals surface area contributed by atoms with Crippen LogP contribution in [0.25, 0.3) is 22.3 Å². The topological polar surface area (TPSA) is 96.2 Å². The lowest BCUT2D eigenvalue weighted by Crippen LogP contribution is -2.42. The first kappa shape index (κ1) is 30.0. The van der Waals surface area contributed by atoms with Crippen molar-refractivity contribution in [3.8, 4) is 11.3 Å². The number of carbonyl (C=O) groups is 2. The minimum atomic E-state index is -0.998. The summed E-state index contributed by atoms with van der Waals surface area (Å²) in [5.74, 6) is -0.688. The Morgan fingerprint density at radius 3 is 2.36 bits per heavy atom. The van der Waals surface area contributed by atoms with Gasteiger partial charge in [-0.3, -0.25) is 9.59 Å². The van der Waals surface area contributed by atoms with Crippen LogP contribution in [0.2, 0.25) is 5.02 Å². The van der Waals surface area contributed by atoms with Gasteiger partial charge in [-0.05, 0) is 54.1 Å². The smallest absolute Gasteiger partial charge is 0.251 e. The second-order valence-corrected chi connectivity index (χ2v) is 12.0. The number of hydrogen-bond donors (Lipinski definition) is 1. The summed E-state index contributed by atoms with van der Waals surface area (Å²) in [5.41, 5.74) is 5.40. The predicted octanol–water partition coefficient (Wildman–Crippen LogP) is 6.68. The summed E-state index contributed by atoms with van der Waals surface area (Å²) in [6.45, 7) is -0.0183. The summed E-state index contributed by atoms with van der Waals surface area (Å²) in [5, 5.41) is 14.6. The third-order valence-electron chi connectivity index (χ3n) is 7.35. The Morgan fingerprint density at radius 1 is 0.911 bits per heavy atom. The van der Waals surface area contributed by atoms with E-state index in [9.17, 15) is 9.59 Å². The quantitative estimate of drug-likeness (QED) is 0.180. The van der Waals surface area contributed by atoms with E-state index >= 15 is 0 Å². The van der Waals surface area contributed by atoms with Gasteiger partial charge in [0.05, 0.1) is 17.8 Å². The Bertz CT molecular complexity index is 1920. The van der Waals surface area contributed by atoms with Crippen LogP contribution in [-0.4, -0.2) is 50.8 Å². The van der Waals surface area contributed by atoms with Gasteiger partial charge in [-0.25, -0.2) is 9.67 Å². The van der Waals surface area contributed by atoms with Crippen molar-refractivity contribution in [3.05, 3.63) is 124 Å².